The predicted octanol–water partition coefficient (Wildman–Crippen LogP) is 4.79. The standard InChI is InChI=1S/C19H14O2S/c20-18-15-9-5-4-6-13(15)10-11-16(18)19-21-17(12-22-19)14-7-2-1-3-8-14/h1-9,12H,10-11H2/b19-16+. The summed E-state index contributed by atoms with van der Waals surface area (Å²) in [4.78, 5) is 12.7. The van der Waals surface area contributed by atoms with E-state index in [1.807, 2.05) is 60.0 Å². The summed E-state index contributed by atoms with van der Waals surface area (Å²) in [5.74, 6) is 0.923. The number of carbonyl (C=O) groups is 1. The van der Waals surface area contributed by atoms with Crippen molar-refractivity contribution < 1.29 is 9.53 Å². The molecule has 1 heterocycles. The number of rotatable bonds is 1. The van der Waals surface area contributed by atoms with Gasteiger partial charge in [0.1, 0.15) is 5.76 Å². The van der Waals surface area contributed by atoms with E-state index in [1.54, 1.807) is 0 Å². The normalized spacial score (nSPS) is 20.4. The highest BCUT2D eigenvalue weighted by molar-refractivity contribution is 8.06. The van der Waals surface area contributed by atoms with Gasteiger partial charge in [0.2, 0.25) is 0 Å². The van der Waals surface area contributed by atoms with Gasteiger partial charge >= 0.3 is 0 Å². The highest BCUT2D eigenvalue weighted by Crippen LogP contribution is 2.41. The lowest BCUT2D eigenvalue weighted by molar-refractivity contribution is 0.102. The van der Waals surface area contributed by atoms with Crippen molar-refractivity contribution in [3.63, 3.8) is 0 Å². The van der Waals surface area contributed by atoms with Gasteiger partial charge in [-0.3, -0.25) is 4.79 Å². The number of benzene rings is 2. The third-order valence-electron chi connectivity index (χ3n) is 3.96. The SMILES string of the molecule is O=C1/C(=C2\OC(c3ccccc3)=CS2)CCc2ccccc21. The Morgan fingerprint density at radius 1 is 0.909 bits per heavy atom. The Labute approximate surface area is 133 Å². The van der Waals surface area contributed by atoms with Crippen molar-refractivity contribution in [2.45, 2.75) is 12.8 Å². The molecule has 0 saturated heterocycles. The van der Waals surface area contributed by atoms with Crippen molar-refractivity contribution in [3.05, 3.63) is 87.4 Å². The number of ketones is 1. The van der Waals surface area contributed by atoms with E-state index in [-0.39, 0.29) is 5.78 Å². The monoisotopic (exact) mass is 306 g/mol. The largest absolute Gasteiger partial charge is 0.449 e. The quantitative estimate of drug-likeness (QED) is 0.709. The molecule has 0 radical (unpaired) electrons. The Hall–Kier alpha value is -2.26. The zero-order valence-corrected chi connectivity index (χ0v) is 12.7. The number of carbonyl (C=O) groups excluding carboxylic acids is 1. The molecule has 108 valence electrons. The molecule has 0 saturated carbocycles. The highest BCUT2D eigenvalue weighted by atomic mass is 32.2. The van der Waals surface area contributed by atoms with Gasteiger partial charge < -0.3 is 4.74 Å². The predicted molar refractivity (Wildman–Crippen MR) is 89.2 cm³/mol. The summed E-state index contributed by atoms with van der Waals surface area (Å²) in [5.41, 5.74) is 3.78. The van der Waals surface area contributed by atoms with Gasteiger partial charge in [-0.25, -0.2) is 0 Å². The number of thioether (sulfide) groups is 1. The second kappa shape index (κ2) is 5.50. The Kier molecular flexibility index (Phi) is 3.35. The minimum atomic E-state index is 0.104. The van der Waals surface area contributed by atoms with Crippen molar-refractivity contribution in [2.24, 2.45) is 0 Å². The summed E-state index contributed by atoms with van der Waals surface area (Å²) in [7, 11) is 0. The average Bonchev–Trinajstić information content (AvgIpc) is 3.06. The summed E-state index contributed by atoms with van der Waals surface area (Å²) < 4.78 is 5.96. The smallest absolute Gasteiger partial charge is 0.193 e. The number of Topliss-reactive ketones (excluding diaryl/α,β-unsaturated/α-hetero) is 1. The lowest BCUT2D eigenvalue weighted by Gasteiger charge is -2.18. The third kappa shape index (κ3) is 2.28. The lowest BCUT2D eigenvalue weighted by atomic mass is 9.87. The third-order valence-corrected chi connectivity index (χ3v) is 4.84. The average molecular weight is 306 g/mol. The van der Waals surface area contributed by atoms with Gasteiger partial charge in [0.15, 0.2) is 10.9 Å². The molecular formula is C19H14O2S. The molecule has 0 N–H and O–H groups in total. The van der Waals surface area contributed by atoms with Gasteiger partial charge in [-0.15, -0.1) is 0 Å². The minimum absolute atomic E-state index is 0.104. The van der Waals surface area contributed by atoms with E-state index in [0.717, 1.165) is 46.0 Å². The molecule has 3 heteroatoms. The molecule has 0 bridgehead atoms. The van der Waals surface area contributed by atoms with Crippen LogP contribution in [-0.4, -0.2) is 5.78 Å². The van der Waals surface area contributed by atoms with Gasteiger partial charge in [0, 0.05) is 16.5 Å². The Morgan fingerprint density at radius 3 is 2.55 bits per heavy atom. The fourth-order valence-electron chi connectivity index (χ4n) is 2.81. The minimum Gasteiger partial charge on any atom is -0.449 e. The van der Waals surface area contributed by atoms with Crippen LogP contribution in [0.1, 0.15) is 27.9 Å². The van der Waals surface area contributed by atoms with Crippen LogP contribution < -0.4 is 0 Å². The summed E-state index contributed by atoms with van der Waals surface area (Å²) >= 11 is 1.50. The Balaban J connectivity index is 1.64. The van der Waals surface area contributed by atoms with Crippen LogP contribution >= 0.6 is 11.8 Å². The first-order valence-electron chi connectivity index (χ1n) is 7.29. The van der Waals surface area contributed by atoms with Crippen LogP contribution in [0.2, 0.25) is 0 Å². The number of allylic oxidation sites excluding steroid dienone is 1. The molecule has 22 heavy (non-hydrogen) atoms. The van der Waals surface area contributed by atoms with Crippen molar-refractivity contribution >= 4 is 23.3 Å². The van der Waals surface area contributed by atoms with Crippen molar-refractivity contribution in [2.75, 3.05) is 0 Å². The van der Waals surface area contributed by atoms with Gasteiger partial charge in [0.25, 0.3) is 0 Å². The van der Waals surface area contributed by atoms with Crippen LogP contribution in [0.25, 0.3) is 5.76 Å². The van der Waals surface area contributed by atoms with Crippen molar-refractivity contribution in [3.8, 4) is 0 Å². The van der Waals surface area contributed by atoms with Crippen molar-refractivity contribution in [1.82, 2.24) is 0 Å². The molecule has 0 amide bonds. The molecule has 2 aromatic rings. The maximum Gasteiger partial charge on any atom is 0.193 e. The number of hydrogen-bond donors (Lipinski definition) is 0. The number of ether oxygens (including phenoxy) is 1. The molecular weight excluding hydrogens is 292 g/mol. The summed E-state index contributed by atoms with van der Waals surface area (Å²) in [6.45, 7) is 0. The highest BCUT2D eigenvalue weighted by Gasteiger charge is 2.28. The molecule has 2 nitrogen and oxygen atoms in total. The number of hydrogen-bond acceptors (Lipinski definition) is 3. The van der Waals surface area contributed by atoms with E-state index in [9.17, 15) is 4.79 Å². The van der Waals surface area contributed by atoms with E-state index in [0.29, 0.717) is 0 Å². The number of fused-ring (bicyclic) bond motifs is 1. The molecule has 0 unspecified atom stereocenters. The zero-order chi connectivity index (χ0) is 14.9. The van der Waals surface area contributed by atoms with E-state index in [1.165, 1.54) is 11.8 Å². The molecule has 2 aliphatic rings. The molecule has 0 spiro atoms. The molecule has 1 aliphatic heterocycles. The first kappa shape index (κ1) is 13.4. The summed E-state index contributed by atoms with van der Waals surface area (Å²) in [6.07, 6.45) is 1.64. The molecule has 1 aliphatic carbocycles. The summed E-state index contributed by atoms with van der Waals surface area (Å²) in [6, 6.07) is 17.8. The number of aryl methyl sites for hydroxylation is 1. The Morgan fingerprint density at radius 2 is 1.68 bits per heavy atom. The van der Waals surface area contributed by atoms with Crippen LogP contribution in [0.3, 0.4) is 0 Å². The van der Waals surface area contributed by atoms with Crippen LogP contribution in [0.4, 0.5) is 0 Å². The molecule has 2 aromatic carbocycles. The van der Waals surface area contributed by atoms with Crippen LogP contribution in [0, 0.1) is 0 Å². The maximum atomic E-state index is 12.7. The van der Waals surface area contributed by atoms with E-state index in [2.05, 4.69) is 0 Å². The lowest BCUT2D eigenvalue weighted by Crippen LogP contribution is -2.15. The molecule has 0 aromatic heterocycles. The van der Waals surface area contributed by atoms with E-state index in [4.69, 9.17) is 4.74 Å². The first-order chi connectivity index (χ1) is 10.8. The second-order valence-electron chi connectivity index (χ2n) is 5.32. The first-order valence-corrected chi connectivity index (χ1v) is 8.17. The van der Waals surface area contributed by atoms with Gasteiger partial charge in [0.05, 0.1) is 5.57 Å². The van der Waals surface area contributed by atoms with E-state index >= 15 is 0 Å². The fourth-order valence-corrected chi connectivity index (χ4v) is 3.68. The van der Waals surface area contributed by atoms with Crippen LogP contribution in [0.5, 0.6) is 0 Å². The second-order valence-corrected chi connectivity index (χ2v) is 6.16. The molecule has 0 atom stereocenters. The van der Waals surface area contributed by atoms with Gasteiger partial charge in [-0.1, -0.05) is 66.4 Å². The van der Waals surface area contributed by atoms with Crippen LogP contribution in [-0.2, 0) is 11.2 Å². The molecule has 4 rings (SSSR count). The van der Waals surface area contributed by atoms with Crippen molar-refractivity contribution in [1.29, 1.82) is 0 Å². The fraction of sp³-hybridized carbons (Fsp3) is 0.105. The van der Waals surface area contributed by atoms with Gasteiger partial charge in [-0.2, -0.15) is 0 Å². The van der Waals surface area contributed by atoms with E-state index < -0.39 is 0 Å². The topological polar surface area (TPSA) is 26.3 Å². The summed E-state index contributed by atoms with van der Waals surface area (Å²) in [5, 5.41) is 2.71. The zero-order valence-electron chi connectivity index (χ0n) is 11.9. The Bertz CT molecular complexity index is 803. The maximum absolute atomic E-state index is 12.7. The van der Waals surface area contributed by atoms with Gasteiger partial charge in [-0.05, 0) is 18.4 Å². The van der Waals surface area contributed by atoms with Crippen LogP contribution in [0.15, 0.2) is 70.7 Å². The molecule has 0 fully saturated rings.